The van der Waals surface area contributed by atoms with Crippen LogP contribution in [-0.4, -0.2) is 80.1 Å². The molecular formula is C22H38N2O5. The third-order valence-electron chi connectivity index (χ3n) is 8.38. The topological polar surface area (TPSA) is 52.6 Å². The Morgan fingerprint density at radius 3 is 2.59 bits per heavy atom. The highest BCUT2D eigenvalue weighted by atomic mass is 17.3. The Balaban J connectivity index is 1.28. The number of nitrogens with zero attached hydrogens (tertiary/aromatic N) is 2. The molecule has 0 radical (unpaired) electrons. The van der Waals surface area contributed by atoms with Gasteiger partial charge in [-0.05, 0) is 45.1 Å². The molecule has 0 aromatic carbocycles. The molecule has 0 N–H and O–H groups in total. The van der Waals surface area contributed by atoms with Gasteiger partial charge in [0.2, 0.25) is 5.79 Å². The van der Waals surface area contributed by atoms with E-state index >= 15 is 0 Å². The summed E-state index contributed by atoms with van der Waals surface area (Å²) in [5.74, 6) is 0.862. The smallest absolute Gasteiger partial charge is 0.201 e. The van der Waals surface area contributed by atoms with Crippen molar-refractivity contribution in [1.82, 2.24) is 9.80 Å². The highest BCUT2D eigenvalue weighted by Crippen LogP contribution is 2.60. The van der Waals surface area contributed by atoms with Gasteiger partial charge in [-0.2, -0.15) is 0 Å². The van der Waals surface area contributed by atoms with Gasteiger partial charge in [-0.3, -0.25) is 4.90 Å². The lowest BCUT2D eigenvalue weighted by atomic mass is 9.58. The van der Waals surface area contributed by atoms with Crippen molar-refractivity contribution in [2.24, 2.45) is 23.7 Å². The van der Waals surface area contributed by atoms with Crippen LogP contribution in [0.3, 0.4) is 0 Å². The first-order valence-electron chi connectivity index (χ1n) is 11.6. The van der Waals surface area contributed by atoms with Crippen molar-refractivity contribution < 1.29 is 24.0 Å². The minimum Gasteiger partial charge on any atom is -0.351 e. The van der Waals surface area contributed by atoms with Gasteiger partial charge in [0.05, 0.1) is 6.61 Å². The van der Waals surface area contributed by atoms with E-state index in [9.17, 15) is 0 Å². The average Bonchev–Trinajstić information content (AvgIpc) is 2.93. The fourth-order valence-corrected chi connectivity index (χ4v) is 6.43. The Labute approximate surface area is 174 Å². The summed E-state index contributed by atoms with van der Waals surface area (Å²) in [4.78, 5) is 16.9. The number of piperazine rings is 1. The molecule has 6 rings (SSSR count). The fourth-order valence-electron chi connectivity index (χ4n) is 6.43. The number of fused-ring (bicyclic) bond motifs is 2. The predicted molar refractivity (Wildman–Crippen MR) is 107 cm³/mol. The molecule has 5 heterocycles. The van der Waals surface area contributed by atoms with Gasteiger partial charge >= 0.3 is 0 Å². The standard InChI is InChI=1S/C22H38N2O5/c1-15-5-6-18-16(2)19(25-14-13-24-11-9-23(4)10-12-24)26-20-22(18)17(15)7-8-21(3,27-20)28-29-22/h15-20H,5-14H2,1-4H3/t15-,16-,17+,18+,19+,20-,21-,22-/m1/s1. The summed E-state index contributed by atoms with van der Waals surface area (Å²) in [6.45, 7) is 12.7. The maximum atomic E-state index is 6.49. The summed E-state index contributed by atoms with van der Waals surface area (Å²) in [7, 11) is 2.19. The van der Waals surface area contributed by atoms with E-state index < -0.39 is 17.7 Å². The van der Waals surface area contributed by atoms with Gasteiger partial charge in [-0.15, -0.1) is 0 Å². The molecule has 1 aliphatic carbocycles. The normalized spacial score (nSPS) is 50.9. The Hall–Kier alpha value is -0.280. The molecule has 0 aromatic rings. The summed E-state index contributed by atoms with van der Waals surface area (Å²) in [6.07, 6.45) is 3.59. The molecule has 1 saturated carbocycles. The largest absolute Gasteiger partial charge is 0.351 e. The monoisotopic (exact) mass is 410 g/mol. The molecule has 0 aromatic heterocycles. The average molecular weight is 411 g/mol. The van der Waals surface area contributed by atoms with E-state index in [1.807, 2.05) is 6.92 Å². The molecule has 0 unspecified atom stereocenters. The van der Waals surface area contributed by atoms with Crippen molar-refractivity contribution in [3.8, 4) is 0 Å². The van der Waals surface area contributed by atoms with Crippen molar-refractivity contribution in [3.05, 3.63) is 0 Å². The van der Waals surface area contributed by atoms with E-state index in [1.54, 1.807) is 0 Å². The summed E-state index contributed by atoms with van der Waals surface area (Å²) in [5.41, 5.74) is -0.496. The Morgan fingerprint density at radius 1 is 1.00 bits per heavy atom. The van der Waals surface area contributed by atoms with Crippen LogP contribution in [0.2, 0.25) is 0 Å². The summed E-state index contributed by atoms with van der Waals surface area (Å²) >= 11 is 0. The van der Waals surface area contributed by atoms with Crippen molar-refractivity contribution in [2.45, 2.75) is 70.4 Å². The molecule has 6 aliphatic rings. The minimum atomic E-state index is -0.720. The molecule has 5 aliphatic heterocycles. The zero-order chi connectivity index (χ0) is 20.2. The van der Waals surface area contributed by atoms with Gasteiger partial charge in [0, 0.05) is 51.0 Å². The summed E-state index contributed by atoms with van der Waals surface area (Å²) in [6, 6.07) is 0. The predicted octanol–water partition coefficient (Wildman–Crippen LogP) is 2.46. The van der Waals surface area contributed by atoms with Gasteiger partial charge < -0.3 is 19.1 Å². The SMILES string of the molecule is C[C@H]1[C@@H](OCCN2CCN(C)CC2)O[C@@H]2O[C@@]3(C)CC[C@H]4[C@H](C)CC[C@@H]1[C@@]24OO3. The van der Waals surface area contributed by atoms with Crippen LogP contribution in [0.25, 0.3) is 0 Å². The van der Waals surface area contributed by atoms with Gasteiger partial charge in [-0.25, -0.2) is 9.78 Å². The molecule has 6 fully saturated rings. The lowest BCUT2D eigenvalue weighted by Gasteiger charge is -2.60. The third kappa shape index (κ3) is 3.47. The second-order valence-corrected chi connectivity index (χ2v) is 10.3. The van der Waals surface area contributed by atoms with Crippen LogP contribution >= 0.6 is 0 Å². The quantitative estimate of drug-likeness (QED) is 0.660. The lowest BCUT2D eigenvalue weighted by Crippen LogP contribution is -2.70. The molecule has 166 valence electrons. The third-order valence-corrected chi connectivity index (χ3v) is 8.38. The van der Waals surface area contributed by atoms with Crippen molar-refractivity contribution in [1.29, 1.82) is 0 Å². The zero-order valence-corrected chi connectivity index (χ0v) is 18.5. The highest BCUT2D eigenvalue weighted by Gasteiger charge is 2.69. The van der Waals surface area contributed by atoms with Gasteiger partial charge in [0.1, 0.15) is 0 Å². The molecule has 7 heteroatoms. The lowest BCUT2D eigenvalue weighted by molar-refractivity contribution is -0.577. The van der Waals surface area contributed by atoms with Crippen LogP contribution in [-0.2, 0) is 24.0 Å². The first-order valence-corrected chi connectivity index (χ1v) is 11.6. The summed E-state index contributed by atoms with van der Waals surface area (Å²) in [5, 5.41) is 0. The number of hydrogen-bond donors (Lipinski definition) is 0. The molecule has 1 spiro atoms. The number of hydrogen-bond acceptors (Lipinski definition) is 7. The maximum absolute atomic E-state index is 6.49. The fraction of sp³-hybridized carbons (Fsp3) is 1.00. The number of likely N-dealkylation sites (N-methyl/N-ethyl adjacent to an activating group) is 1. The van der Waals surface area contributed by atoms with Crippen LogP contribution in [0.4, 0.5) is 0 Å². The van der Waals surface area contributed by atoms with E-state index in [1.165, 1.54) is 6.42 Å². The van der Waals surface area contributed by atoms with Crippen LogP contribution in [0, 0.1) is 23.7 Å². The Kier molecular flexibility index (Phi) is 5.47. The summed E-state index contributed by atoms with van der Waals surface area (Å²) < 4.78 is 19.2. The van der Waals surface area contributed by atoms with Gasteiger partial charge in [-0.1, -0.05) is 13.8 Å². The molecule has 5 saturated heterocycles. The van der Waals surface area contributed by atoms with E-state index in [0.29, 0.717) is 24.4 Å². The molecule has 8 atom stereocenters. The van der Waals surface area contributed by atoms with E-state index in [4.69, 9.17) is 24.0 Å². The highest BCUT2D eigenvalue weighted by molar-refractivity contribution is 5.09. The number of rotatable bonds is 4. The van der Waals surface area contributed by atoms with Crippen molar-refractivity contribution in [3.63, 3.8) is 0 Å². The molecular weight excluding hydrogens is 372 g/mol. The Bertz CT molecular complexity index is 600. The van der Waals surface area contributed by atoms with E-state index in [-0.39, 0.29) is 12.2 Å². The van der Waals surface area contributed by atoms with Gasteiger partial charge in [0.15, 0.2) is 18.2 Å². The minimum absolute atomic E-state index is 0.247. The van der Waals surface area contributed by atoms with Gasteiger partial charge in [0.25, 0.3) is 0 Å². The van der Waals surface area contributed by atoms with Crippen LogP contribution in [0.1, 0.15) is 46.5 Å². The first kappa shape index (κ1) is 20.6. The molecule has 2 bridgehead atoms. The van der Waals surface area contributed by atoms with Crippen LogP contribution in [0.15, 0.2) is 0 Å². The maximum Gasteiger partial charge on any atom is 0.201 e. The second-order valence-electron chi connectivity index (χ2n) is 10.3. The van der Waals surface area contributed by atoms with E-state index in [0.717, 1.165) is 52.0 Å². The van der Waals surface area contributed by atoms with Crippen molar-refractivity contribution >= 4 is 0 Å². The van der Waals surface area contributed by atoms with E-state index in [2.05, 4.69) is 30.7 Å². The zero-order valence-electron chi connectivity index (χ0n) is 18.5. The molecule has 29 heavy (non-hydrogen) atoms. The Morgan fingerprint density at radius 2 is 1.79 bits per heavy atom. The second kappa shape index (κ2) is 7.69. The van der Waals surface area contributed by atoms with Crippen LogP contribution in [0.5, 0.6) is 0 Å². The molecule has 0 amide bonds. The number of ether oxygens (including phenoxy) is 3. The van der Waals surface area contributed by atoms with Crippen molar-refractivity contribution in [2.75, 3.05) is 46.4 Å². The molecule has 7 nitrogen and oxygen atoms in total. The first-order chi connectivity index (χ1) is 13.9. The van der Waals surface area contributed by atoms with Crippen LogP contribution < -0.4 is 0 Å².